The zero-order valence-electron chi connectivity index (χ0n) is 11.4. The minimum atomic E-state index is -0.868. The summed E-state index contributed by atoms with van der Waals surface area (Å²) in [4.78, 5) is 22.6. The van der Waals surface area contributed by atoms with Gasteiger partial charge in [-0.25, -0.2) is 0 Å². The fourth-order valence-electron chi connectivity index (χ4n) is 2.64. The summed E-state index contributed by atoms with van der Waals surface area (Å²) in [5.74, 6) is -0.505. The molecular formula is C14H18N2O4. The highest BCUT2D eigenvalue weighted by Gasteiger charge is 2.32. The van der Waals surface area contributed by atoms with Gasteiger partial charge in [-0.15, -0.1) is 0 Å². The van der Waals surface area contributed by atoms with Crippen LogP contribution in [-0.2, 0) is 0 Å². The predicted molar refractivity (Wildman–Crippen MR) is 73.6 cm³/mol. The quantitative estimate of drug-likeness (QED) is 0.650. The van der Waals surface area contributed by atoms with Gasteiger partial charge in [-0.3, -0.25) is 14.9 Å². The van der Waals surface area contributed by atoms with Crippen molar-refractivity contribution in [1.82, 2.24) is 5.32 Å². The molecule has 0 radical (unpaired) electrons. The number of nitro groups is 1. The lowest BCUT2D eigenvalue weighted by Crippen LogP contribution is -2.41. The smallest absolute Gasteiger partial charge is 0.282 e. The summed E-state index contributed by atoms with van der Waals surface area (Å²) >= 11 is 0. The molecule has 0 unspecified atom stereocenters. The van der Waals surface area contributed by atoms with Crippen molar-refractivity contribution in [3.05, 3.63) is 39.4 Å². The second kappa shape index (κ2) is 5.58. The number of hydrogen-bond donors (Lipinski definition) is 2. The molecule has 6 nitrogen and oxygen atoms in total. The number of rotatable bonds is 4. The number of nitro benzene ring substituents is 1. The van der Waals surface area contributed by atoms with Crippen molar-refractivity contribution in [1.29, 1.82) is 0 Å². The zero-order valence-corrected chi connectivity index (χ0v) is 11.4. The van der Waals surface area contributed by atoms with Gasteiger partial charge in [0.05, 0.1) is 10.5 Å². The molecule has 0 spiro atoms. The highest BCUT2D eigenvalue weighted by atomic mass is 16.6. The molecule has 0 bridgehead atoms. The zero-order chi connectivity index (χ0) is 14.8. The van der Waals surface area contributed by atoms with Crippen LogP contribution in [0, 0.1) is 17.0 Å². The highest BCUT2D eigenvalue weighted by Crippen LogP contribution is 2.29. The van der Waals surface area contributed by atoms with Gasteiger partial charge in [0.25, 0.3) is 11.6 Å². The van der Waals surface area contributed by atoms with Gasteiger partial charge < -0.3 is 10.4 Å². The normalized spacial score (nSPS) is 16.9. The summed E-state index contributed by atoms with van der Waals surface area (Å²) in [5.41, 5.74) is -0.456. The number of carbonyl (C=O) groups is 1. The number of benzene rings is 1. The van der Waals surface area contributed by atoms with Crippen molar-refractivity contribution in [3.8, 4) is 0 Å². The van der Waals surface area contributed by atoms with Crippen LogP contribution >= 0.6 is 0 Å². The standard InChI is InChI=1S/C14H18N2O4/c1-10-5-4-6-11(16(19)20)12(10)13(17)15-9-14(18)7-2-3-8-14/h4-6,18H,2-3,7-9H2,1H3,(H,15,17). The summed E-state index contributed by atoms with van der Waals surface area (Å²) in [5, 5.41) is 23.8. The molecule has 0 saturated heterocycles. The number of hydrogen-bond acceptors (Lipinski definition) is 4. The Balaban J connectivity index is 2.15. The Morgan fingerprint density at radius 2 is 2.10 bits per heavy atom. The molecule has 1 amide bonds. The Kier molecular flexibility index (Phi) is 4.04. The molecule has 1 aliphatic rings. The van der Waals surface area contributed by atoms with E-state index in [4.69, 9.17) is 0 Å². The SMILES string of the molecule is Cc1cccc([N+](=O)[O-])c1C(=O)NCC1(O)CCCC1. The largest absolute Gasteiger partial charge is 0.388 e. The number of carbonyl (C=O) groups excluding carboxylic acids is 1. The molecule has 0 atom stereocenters. The average Bonchev–Trinajstić information content (AvgIpc) is 2.83. The van der Waals surface area contributed by atoms with Gasteiger partial charge in [0.2, 0.25) is 0 Å². The monoisotopic (exact) mass is 278 g/mol. The molecule has 0 aromatic heterocycles. The molecule has 1 aliphatic carbocycles. The molecule has 1 saturated carbocycles. The average molecular weight is 278 g/mol. The van der Waals surface area contributed by atoms with Crippen LogP contribution in [0.3, 0.4) is 0 Å². The minimum absolute atomic E-state index is 0.0686. The van der Waals surface area contributed by atoms with E-state index >= 15 is 0 Å². The summed E-state index contributed by atoms with van der Waals surface area (Å²) in [6.45, 7) is 1.80. The first-order valence-corrected chi connectivity index (χ1v) is 6.67. The third-order valence-electron chi connectivity index (χ3n) is 3.79. The van der Waals surface area contributed by atoms with E-state index in [1.807, 2.05) is 0 Å². The van der Waals surface area contributed by atoms with Gasteiger partial charge in [-0.1, -0.05) is 25.0 Å². The second-order valence-electron chi connectivity index (χ2n) is 5.34. The van der Waals surface area contributed by atoms with Crippen LogP contribution in [0.5, 0.6) is 0 Å². The number of nitrogens with zero attached hydrogens (tertiary/aromatic N) is 1. The molecule has 0 aliphatic heterocycles. The lowest BCUT2D eigenvalue weighted by Gasteiger charge is -2.22. The summed E-state index contributed by atoms with van der Waals surface area (Å²) in [6, 6.07) is 4.52. The number of aliphatic hydroxyl groups is 1. The van der Waals surface area contributed by atoms with Crippen LogP contribution in [0.4, 0.5) is 5.69 Å². The van der Waals surface area contributed by atoms with Gasteiger partial charge in [0.1, 0.15) is 5.56 Å². The molecule has 1 fully saturated rings. The Morgan fingerprint density at radius 1 is 1.45 bits per heavy atom. The van der Waals surface area contributed by atoms with E-state index in [-0.39, 0.29) is 17.8 Å². The van der Waals surface area contributed by atoms with Crippen LogP contribution in [-0.4, -0.2) is 28.1 Å². The first-order chi connectivity index (χ1) is 9.43. The van der Waals surface area contributed by atoms with E-state index in [0.717, 1.165) is 12.8 Å². The van der Waals surface area contributed by atoms with E-state index in [1.54, 1.807) is 19.1 Å². The van der Waals surface area contributed by atoms with Gasteiger partial charge >= 0.3 is 0 Å². The summed E-state index contributed by atoms with van der Waals surface area (Å²) in [7, 11) is 0. The Morgan fingerprint density at radius 3 is 2.70 bits per heavy atom. The van der Waals surface area contributed by atoms with Gasteiger partial charge in [0, 0.05) is 12.6 Å². The lowest BCUT2D eigenvalue weighted by molar-refractivity contribution is -0.385. The van der Waals surface area contributed by atoms with Crippen molar-refractivity contribution in [2.75, 3.05) is 6.54 Å². The van der Waals surface area contributed by atoms with Gasteiger partial charge in [0.15, 0.2) is 0 Å². The maximum absolute atomic E-state index is 12.2. The van der Waals surface area contributed by atoms with Crippen molar-refractivity contribution >= 4 is 11.6 Å². The van der Waals surface area contributed by atoms with E-state index in [0.29, 0.717) is 18.4 Å². The fourth-order valence-corrected chi connectivity index (χ4v) is 2.64. The first kappa shape index (κ1) is 14.5. The number of aryl methyl sites for hydroxylation is 1. The Bertz CT molecular complexity index is 536. The predicted octanol–water partition coefficient (Wildman–Crippen LogP) is 1.94. The molecule has 2 rings (SSSR count). The van der Waals surface area contributed by atoms with Crippen molar-refractivity contribution in [2.24, 2.45) is 0 Å². The number of nitrogens with one attached hydrogen (secondary N) is 1. The fraction of sp³-hybridized carbons (Fsp3) is 0.500. The lowest BCUT2D eigenvalue weighted by atomic mass is 10.0. The van der Waals surface area contributed by atoms with Crippen LogP contribution in [0.1, 0.15) is 41.6 Å². The van der Waals surface area contributed by atoms with Crippen LogP contribution in [0.2, 0.25) is 0 Å². The third kappa shape index (κ3) is 2.96. The molecule has 0 heterocycles. The van der Waals surface area contributed by atoms with Crippen LogP contribution < -0.4 is 5.32 Å². The Hall–Kier alpha value is -1.95. The maximum Gasteiger partial charge on any atom is 0.282 e. The van der Waals surface area contributed by atoms with Crippen molar-refractivity contribution in [3.63, 3.8) is 0 Å². The Labute approximate surface area is 117 Å². The maximum atomic E-state index is 12.2. The third-order valence-corrected chi connectivity index (χ3v) is 3.79. The minimum Gasteiger partial charge on any atom is -0.388 e. The molecular weight excluding hydrogens is 260 g/mol. The molecule has 20 heavy (non-hydrogen) atoms. The van der Waals surface area contributed by atoms with E-state index in [2.05, 4.69) is 5.32 Å². The van der Waals surface area contributed by atoms with Crippen molar-refractivity contribution in [2.45, 2.75) is 38.2 Å². The second-order valence-corrected chi connectivity index (χ2v) is 5.34. The van der Waals surface area contributed by atoms with Crippen molar-refractivity contribution < 1.29 is 14.8 Å². The molecule has 2 N–H and O–H groups in total. The number of amides is 1. The summed E-state index contributed by atoms with van der Waals surface area (Å²) in [6.07, 6.45) is 3.19. The van der Waals surface area contributed by atoms with Crippen LogP contribution in [0.25, 0.3) is 0 Å². The molecule has 6 heteroatoms. The topological polar surface area (TPSA) is 92.5 Å². The van der Waals surface area contributed by atoms with E-state index in [9.17, 15) is 20.0 Å². The molecule has 1 aromatic rings. The van der Waals surface area contributed by atoms with Gasteiger partial charge in [-0.2, -0.15) is 0 Å². The molecule has 1 aromatic carbocycles. The van der Waals surface area contributed by atoms with Crippen LogP contribution in [0.15, 0.2) is 18.2 Å². The van der Waals surface area contributed by atoms with E-state index in [1.165, 1.54) is 6.07 Å². The van der Waals surface area contributed by atoms with Gasteiger partial charge in [-0.05, 0) is 25.3 Å². The summed E-state index contributed by atoms with van der Waals surface area (Å²) < 4.78 is 0. The molecule has 108 valence electrons. The van der Waals surface area contributed by atoms with E-state index < -0.39 is 16.4 Å². The first-order valence-electron chi connectivity index (χ1n) is 6.67. The highest BCUT2D eigenvalue weighted by molar-refractivity contribution is 5.99.